The third-order valence-corrected chi connectivity index (χ3v) is 5.85. The lowest BCUT2D eigenvalue weighted by Gasteiger charge is -2.42. The molecule has 32 heavy (non-hydrogen) atoms. The summed E-state index contributed by atoms with van der Waals surface area (Å²) < 4.78 is 7.32. The van der Waals surface area contributed by atoms with Gasteiger partial charge in [-0.1, -0.05) is 60.7 Å². The van der Waals surface area contributed by atoms with E-state index in [0.717, 1.165) is 11.1 Å². The van der Waals surface area contributed by atoms with Crippen LogP contribution in [-0.4, -0.2) is 44.7 Å². The highest BCUT2D eigenvalue weighted by Gasteiger charge is 2.41. The third kappa shape index (κ3) is 3.75. The van der Waals surface area contributed by atoms with Gasteiger partial charge < -0.3 is 14.7 Å². The van der Waals surface area contributed by atoms with Crippen LogP contribution >= 0.6 is 0 Å². The van der Waals surface area contributed by atoms with Gasteiger partial charge in [-0.05, 0) is 31.9 Å². The highest BCUT2D eigenvalue weighted by molar-refractivity contribution is 5.96. The van der Waals surface area contributed by atoms with Crippen molar-refractivity contribution in [2.24, 2.45) is 0 Å². The van der Waals surface area contributed by atoms with E-state index in [4.69, 9.17) is 4.74 Å². The molecule has 7 nitrogen and oxygen atoms in total. The topological polar surface area (TPSA) is 84.7 Å². The Kier molecular flexibility index (Phi) is 5.99. The molecule has 0 fully saturated rings. The second-order valence-corrected chi connectivity index (χ2v) is 8.12. The van der Waals surface area contributed by atoms with Gasteiger partial charge in [0.1, 0.15) is 0 Å². The van der Waals surface area contributed by atoms with Crippen LogP contribution < -0.4 is 10.3 Å². The van der Waals surface area contributed by atoms with E-state index < -0.39 is 17.2 Å². The molecule has 1 amide bonds. The summed E-state index contributed by atoms with van der Waals surface area (Å²) in [6.07, 6.45) is 0. The molecule has 0 aliphatic carbocycles. The zero-order valence-corrected chi connectivity index (χ0v) is 18.4. The van der Waals surface area contributed by atoms with Gasteiger partial charge in [0.25, 0.3) is 5.91 Å². The summed E-state index contributed by atoms with van der Waals surface area (Å²) in [6, 6.07) is 19.6. The Morgan fingerprint density at radius 3 is 2.09 bits per heavy atom. The van der Waals surface area contributed by atoms with Crippen LogP contribution in [0.4, 0.5) is 0 Å². The number of nitrogens with zero attached hydrogens (tertiary/aromatic N) is 3. The van der Waals surface area contributed by atoms with Crippen molar-refractivity contribution in [3.63, 3.8) is 0 Å². The number of amides is 1. The average molecular weight is 434 g/mol. The van der Waals surface area contributed by atoms with Gasteiger partial charge in [0, 0.05) is 18.5 Å². The summed E-state index contributed by atoms with van der Waals surface area (Å²) in [5, 5.41) is 10.6. The van der Waals surface area contributed by atoms with Crippen LogP contribution in [0.3, 0.4) is 0 Å². The van der Waals surface area contributed by atoms with E-state index in [1.54, 1.807) is 16.4 Å². The lowest BCUT2D eigenvalue weighted by molar-refractivity contribution is 0.0569. The molecule has 0 bridgehead atoms. The molecule has 1 N–H and O–H groups in total. The number of rotatable bonds is 6. The van der Waals surface area contributed by atoms with Crippen molar-refractivity contribution in [2.45, 2.75) is 38.8 Å². The molecule has 1 atom stereocenters. The number of hydrogen-bond acceptors (Lipinski definition) is 5. The summed E-state index contributed by atoms with van der Waals surface area (Å²) in [4.78, 5) is 31.4. The van der Waals surface area contributed by atoms with Crippen LogP contribution in [0.5, 0.6) is 11.8 Å². The van der Waals surface area contributed by atoms with E-state index in [2.05, 4.69) is 4.98 Å². The van der Waals surface area contributed by atoms with Crippen LogP contribution in [0.25, 0.3) is 0 Å². The van der Waals surface area contributed by atoms with Gasteiger partial charge in [-0.15, -0.1) is 0 Å². The zero-order chi connectivity index (χ0) is 22.8. The molecular weight excluding hydrogens is 406 g/mol. The maximum absolute atomic E-state index is 13.4. The van der Waals surface area contributed by atoms with E-state index in [-0.39, 0.29) is 36.3 Å². The van der Waals surface area contributed by atoms with Crippen molar-refractivity contribution >= 4 is 5.91 Å². The maximum Gasteiger partial charge on any atom is 0.318 e. The number of aromatic hydroxyl groups is 1. The summed E-state index contributed by atoms with van der Waals surface area (Å²) in [7, 11) is 0. The Morgan fingerprint density at radius 1 is 1.03 bits per heavy atom. The molecule has 3 aromatic rings. The fourth-order valence-corrected chi connectivity index (χ4v) is 4.41. The van der Waals surface area contributed by atoms with Gasteiger partial charge in [0.15, 0.2) is 5.69 Å². The molecule has 0 spiro atoms. The smallest absolute Gasteiger partial charge is 0.318 e. The Bertz CT molecular complexity index is 1120. The summed E-state index contributed by atoms with van der Waals surface area (Å²) >= 11 is 0. The number of carbonyl (C=O) groups is 1. The third-order valence-electron chi connectivity index (χ3n) is 5.85. The minimum atomic E-state index is -0.867. The molecule has 0 saturated heterocycles. The van der Waals surface area contributed by atoms with E-state index >= 15 is 0 Å². The highest BCUT2D eigenvalue weighted by Crippen LogP contribution is 2.42. The van der Waals surface area contributed by atoms with Gasteiger partial charge in [-0.25, -0.2) is 0 Å². The normalized spacial score (nSPS) is 15.8. The molecule has 1 aliphatic heterocycles. The second kappa shape index (κ2) is 8.86. The largest absolute Gasteiger partial charge is 0.501 e. The minimum absolute atomic E-state index is 0.0453. The molecule has 1 aromatic heterocycles. The van der Waals surface area contributed by atoms with E-state index in [1.807, 2.05) is 74.5 Å². The Balaban J connectivity index is 2.02. The van der Waals surface area contributed by atoms with Crippen LogP contribution in [0, 0.1) is 0 Å². The first kappa shape index (κ1) is 21.6. The number of aromatic nitrogens is 2. The lowest BCUT2D eigenvalue weighted by atomic mass is 9.83. The first-order chi connectivity index (χ1) is 15.4. The fourth-order valence-electron chi connectivity index (χ4n) is 4.41. The SMILES string of the molecule is CCOc1nc(=O)c(O)c2n1[C@@H](C(c1ccccc1)c1ccccc1)CN(C(C)C)C2=O. The van der Waals surface area contributed by atoms with Gasteiger partial charge in [-0.3, -0.25) is 14.2 Å². The summed E-state index contributed by atoms with van der Waals surface area (Å²) in [6.45, 7) is 6.28. The molecule has 0 radical (unpaired) electrons. The van der Waals surface area contributed by atoms with Crippen molar-refractivity contribution in [1.82, 2.24) is 14.5 Å². The molecule has 7 heteroatoms. The zero-order valence-electron chi connectivity index (χ0n) is 18.4. The molecule has 2 heterocycles. The molecular formula is C25H27N3O4. The number of ether oxygens (including phenoxy) is 1. The van der Waals surface area contributed by atoms with Gasteiger partial charge >= 0.3 is 11.6 Å². The number of benzene rings is 2. The highest BCUT2D eigenvalue weighted by atomic mass is 16.5. The van der Waals surface area contributed by atoms with Gasteiger partial charge in [-0.2, -0.15) is 4.98 Å². The maximum atomic E-state index is 13.4. The first-order valence-electron chi connectivity index (χ1n) is 10.8. The van der Waals surface area contributed by atoms with Crippen LogP contribution in [-0.2, 0) is 0 Å². The predicted octanol–water partition coefficient (Wildman–Crippen LogP) is 3.59. The molecule has 0 saturated carbocycles. The van der Waals surface area contributed by atoms with Gasteiger partial charge in [0.05, 0.1) is 12.6 Å². The van der Waals surface area contributed by atoms with Crippen molar-refractivity contribution in [2.75, 3.05) is 13.2 Å². The average Bonchev–Trinajstić information content (AvgIpc) is 2.79. The van der Waals surface area contributed by atoms with Crippen molar-refractivity contribution in [3.8, 4) is 11.8 Å². The Hall–Kier alpha value is -3.61. The van der Waals surface area contributed by atoms with E-state index in [0.29, 0.717) is 6.54 Å². The van der Waals surface area contributed by atoms with Gasteiger partial charge in [0.2, 0.25) is 5.75 Å². The summed E-state index contributed by atoms with van der Waals surface area (Å²) in [5.74, 6) is -1.23. The molecule has 2 aromatic carbocycles. The molecule has 166 valence electrons. The van der Waals surface area contributed by atoms with Crippen LogP contribution in [0.2, 0.25) is 0 Å². The fraction of sp³-hybridized carbons (Fsp3) is 0.320. The molecule has 4 rings (SSSR count). The minimum Gasteiger partial charge on any atom is -0.501 e. The number of hydrogen-bond donors (Lipinski definition) is 1. The van der Waals surface area contributed by atoms with E-state index in [1.165, 1.54) is 0 Å². The van der Waals surface area contributed by atoms with Crippen molar-refractivity contribution in [1.29, 1.82) is 0 Å². The van der Waals surface area contributed by atoms with Crippen LogP contribution in [0.15, 0.2) is 65.5 Å². The van der Waals surface area contributed by atoms with Crippen LogP contribution in [0.1, 0.15) is 54.3 Å². The number of carbonyl (C=O) groups excluding carboxylic acids is 1. The molecule has 1 aliphatic rings. The van der Waals surface area contributed by atoms with Crippen molar-refractivity contribution < 1.29 is 14.6 Å². The Labute approximate surface area is 186 Å². The first-order valence-corrected chi connectivity index (χ1v) is 10.8. The van der Waals surface area contributed by atoms with E-state index in [9.17, 15) is 14.7 Å². The Morgan fingerprint density at radius 2 is 1.59 bits per heavy atom. The predicted molar refractivity (Wildman–Crippen MR) is 121 cm³/mol. The lowest BCUT2D eigenvalue weighted by Crippen LogP contribution is -2.49. The summed E-state index contributed by atoms with van der Waals surface area (Å²) in [5.41, 5.74) is 1.16. The molecule has 0 unspecified atom stereocenters. The monoisotopic (exact) mass is 433 g/mol. The van der Waals surface area contributed by atoms with Crippen molar-refractivity contribution in [3.05, 3.63) is 87.8 Å². The quantitative estimate of drug-likeness (QED) is 0.642. The second-order valence-electron chi connectivity index (χ2n) is 8.12. The number of fused-ring (bicyclic) bond motifs is 1. The standard InChI is InChI=1S/C25H27N3O4/c1-4-32-25-26-23(30)22(29)21-24(31)27(16(2)3)15-19(28(21)25)20(17-11-7-5-8-12-17)18-13-9-6-10-14-18/h5-14,16,19-20,29H,4,15H2,1-3H3/t19-/m1/s1.